The molecule has 2 aromatic carbocycles. The lowest BCUT2D eigenvalue weighted by Crippen LogP contribution is -2.30. The van der Waals surface area contributed by atoms with Crippen molar-refractivity contribution in [1.29, 1.82) is 0 Å². The van der Waals surface area contributed by atoms with Gasteiger partial charge in [0, 0.05) is 10.7 Å². The van der Waals surface area contributed by atoms with Gasteiger partial charge in [0.2, 0.25) is 0 Å². The molecule has 0 aliphatic carbocycles. The zero-order valence-corrected chi connectivity index (χ0v) is 13.4. The average Bonchev–Trinajstić information content (AvgIpc) is 2.81. The maximum Gasteiger partial charge on any atom is 0.265 e. The predicted octanol–water partition coefficient (Wildman–Crippen LogP) is 2.63. The Morgan fingerprint density at radius 1 is 1.12 bits per heavy atom. The number of carbonyl (C=O) groups is 3. The summed E-state index contributed by atoms with van der Waals surface area (Å²) in [5, 5.41) is 5.36. The summed E-state index contributed by atoms with van der Waals surface area (Å²) in [6.07, 6.45) is -0.771. The topological polar surface area (TPSA) is 84.5 Å². The molecule has 1 aliphatic rings. The number of hydrogen-bond acceptors (Lipinski definition) is 4. The molecule has 1 atom stereocenters. The van der Waals surface area contributed by atoms with Crippen LogP contribution < -0.4 is 15.4 Å². The fraction of sp³-hybridized carbons (Fsp3) is 0.118. The van der Waals surface area contributed by atoms with Gasteiger partial charge in [0.05, 0.1) is 11.1 Å². The van der Waals surface area contributed by atoms with Gasteiger partial charge in [-0.25, -0.2) is 0 Å². The average molecular weight is 345 g/mol. The summed E-state index contributed by atoms with van der Waals surface area (Å²) < 4.78 is 5.53. The van der Waals surface area contributed by atoms with Crippen LogP contribution in [0.25, 0.3) is 0 Å². The predicted molar refractivity (Wildman–Crippen MR) is 88.4 cm³/mol. The number of rotatable bonds is 4. The first-order chi connectivity index (χ1) is 11.4. The first-order valence-corrected chi connectivity index (χ1v) is 7.54. The summed E-state index contributed by atoms with van der Waals surface area (Å²) in [6.45, 7) is 1.60. The minimum atomic E-state index is -0.771. The number of fused-ring (bicyclic) bond motifs is 1. The van der Waals surface area contributed by atoms with Crippen molar-refractivity contribution < 1.29 is 19.1 Å². The van der Waals surface area contributed by atoms with E-state index in [-0.39, 0.29) is 11.5 Å². The fourth-order valence-electron chi connectivity index (χ4n) is 2.29. The van der Waals surface area contributed by atoms with E-state index in [9.17, 15) is 14.4 Å². The molecule has 0 saturated carbocycles. The Hall–Kier alpha value is -2.86. The summed E-state index contributed by atoms with van der Waals surface area (Å²) in [5.41, 5.74) is 0.938. The molecule has 1 aliphatic heterocycles. The molecule has 0 saturated heterocycles. The van der Waals surface area contributed by atoms with Gasteiger partial charge in [-0.1, -0.05) is 17.7 Å². The Labute approximate surface area is 142 Å². The van der Waals surface area contributed by atoms with Crippen LogP contribution in [-0.2, 0) is 4.79 Å². The molecule has 2 aromatic rings. The summed E-state index contributed by atoms with van der Waals surface area (Å²) in [7, 11) is 0. The molecule has 0 aromatic heterocycles. The van der Waals surface area contributed by atoms with Crippen LogP contribution in [0.5, 0.6) is 5.75 Å². The number of ether oxygens (including phenoxy) is 1. The van der Waals surface area contributed by atoms with E-state index in [0.717, 1.165) is 0 Å². The van der Waals surface area contributed by atoms with E-state index < -0.39 is 17.9 Å². The number of anilines is 1. The largest absolute Gasteiger partial charge is 0.481 e. The summed E-state index contributed by atoms with van der Waals surface area (Å²) in [4.78, 5) is 35.3. The highest BCUT2D eigenvalue weighted by molar-refractivity contribution is 6.30. The minimum Gasteiger partial charge on any atom is -0.481 e. The monoisotopic (exact) mass is 344 g/mol. The van der Waals surface area contributed by atoms with E-state index >= 15 is 0 Å². The van der Waals surface area contributed by atoms with Gasteiger partial charge in [-0.15, -0.1) is 0 Å². The van der Waals surface area contributed by atoms with Gasteiger partial charge in [-0.05, 0) is 43.3 Å². The summed E-state index contributed by atoms with van der Waals surface area (Å²) >= 11 is 5.87. The van der Waals surface area contributed by atoms with Crippen molar-refractivity contribution in [3.05, 3.63) is 58.6 Å². The molecule has 3 amide bonds. The number of hydrogen-bond donors (Lipinski definition) is 2. The normalized spacial score (nSPS) is 13.9. The number of nitrogens with one attached hydrogen (secondary N) is 2. The van der Waals surface area contributed by atoms with E-state index in [0.29, 0.717) is 22.0 Å². The van der Waals surface area contributed by atoms with Gasteiger partial charge in [0.15, 0.2) is 6.10 Å². The fourth-order valence-corrected chi connectivity index (χ4v) is 2.47. The van der Waals surface area contributed by atoms with Gasteiger partial charge in [-0.2, -0.15) is 0 Å². The first-order valence-electron chi connectivity index (χ1n) is 7.17. The van der Waals surface area contributed by atoms with Crippen LogP contribution in [0, 0.1) is 0 Å². The lowest BCUT2D eigenvalue weighted by Gasteiger charge is -2.15. The highest BCUT2D eigenvalue weighted by Crippen LogP contribution is 2.21. The Morgan fingerprint density at radius 2 is 1.88 bits per heavy atom. The van der Waals surface area contributed by atoms with Crippen LogP contribution in [0.1, 0.15) is 27.6 Å². The van der Waals surface area contributed by atoms with Crippen molar-refractivity contribution in [2.45, 2.75) is 13.0 Å². The van der Waals surface area contributed by atoms with Gasteiger partial charge in [-0.3, -0.25) is 19.7 Å². The minimum absolute atomic E-state index is 0.237. The third-order valence-corrected chi connectivity index (χ3v) is 3.72. The van der Waals surface area contributed by atoms with Crippen LogP contribution in [0.2, 0.25) is 5.02 Å². The number of carbonyl (C=O) groups excluding carboxylic acids is 3. The first kappa shape index (κ1) is 16.0. The zero-order chi connectivity index (χ0) is 17.3. The summed E-state index contributed by atoms with van der Waals surface area (Å²) in [6, 6.07) is 11.2. The molecule has 122 valence electrons. The molecule has 1 unspecified atom stereocenters. The summed E-state index contributed by atoms with van der Waals surface area (Å²) in [5.74, 6) is -0.830. The van der Waals surface area contributed by atoms with Crippen LogP contribution >= 0.6 is 11.6 Å². The van der Waals surface area contributed by atoms with Crippen molar-refractivity contribution in [2.24, 2.45) is 0 Å². The van der Waals surface area contributed by atoms with Crippen LogP contribution in [0.3, 0.4) is 0 Å². The number of halogens is 1. The molecule has 24 heavy (non-hydrogen) atoms. The lowest BCUT2D eigenvalue weighted by molar-refractivity contribution is -0.122. The molecule has 1 heterocycles. The number of amides is 3. The quantitative estimate of drug-likeness (QED) is 0.835. The van der Waals surface area contributed by atoms with Crippen molar-refractivity contribution in [2.75, 3.05) is 5.32 Å². The van der Waals surface area contributed by atoms with Crippen molar-refractivity contribution in [3.63, 3.8) is 0 Å². The number of benzene rings is 2. The maximum atomic E-state index is 12.2. The Balaban J connectivity index is 1.70. The van der Waals surface area contributed by atoms with E-state index in [4.69, 9.17) is 16.3 Å². The van der Waals surface area contributed by atoms with Crippen LogP contribution in [0.4, 0.5) is 5.69 Å². The molecule has 0 fully saturated rings. The smallest absolute Gasteiger partial charge is 0.265 e. The molecule has 0 radical (unpaired) electrons. The van der Waals surface area contributed by atoms with Crippen molar-refractivity contribution >= 4 is 35.0 Å². The molecular weight excluding hydrogens is 332 g/mol. The molecule has 2 N–H and O–H groups in total. The van der Waals surface area contributed by atoms with Gasteiger partial charge in [0.25, 0.3) is 17.7 Å². The Kier molecular flexibility index (Phi) is 4.22. The van der Waals surface area contributed by atoms with E-state index in [1.807, 2.05) is 0 Å². The van der Waals surface area contributed by atoms with Gasteiger partial charge in [0.1, 0.15) is 5.75 Å². The molecule has 0 spiro atoms. The Morgan fingerprint density at radius 3 is 2.62 bits per heavy atom. The standard InChI is InChI=1S/C17H13ClN2O4/c1-9(24-12-4-2-3-10(18)7-12)15(21)19-11-5-6-13-14(8-11)17(23)20-16(13)22/h2-9H,1H3,(H,19,21)(H,20,22,23). The molecule has 3 rings (SSSR count). The van der Waals surface area contributed by atoms with E-state index in [1.165, 1.54) is 12.1 Å². The van der Waals surface area contributed by atoms with Gasteiger partial charge >= 0.3 is 0 Å². The second kappa shape index (κ2) is 6.33. The second-order valence-corrected chi connectivity index (χ2v) is 5.69. The number of imide groups is 1. The lowest BCUT2D eigenvalue weighted by atomic mass is 10.1. The van der Waals surface area contributed by atoms with E-state index in [1.54, 1.807) is 37.3 Å². The molecule has 0 bridgehead atoms. The van der Waals surface area contributed by atoms with Crippen LogP contribution in [0.15, 0.2) is 42.5 Å². The highest BCUT2D eigenvalue weighted by Gasteiger charge is 2.27. The second-order valence-electron chi connectivity index (χ2n) is 5.25. The van der Waals surface area contributed by atoms with Crippen molar-refractivity contribution in [3.8, 4) is 5.75 Å². The SMILES string of the molecule is CC(Oc1cccc(Cl)c1)C(=O)Nc1ccc2c(c1)C(=O)NC2=O. The van der Waals surface area contributed by atoms with E-state index in [2.05, 4.69) is 10.6 Å². The molecule has 6 nitrogen and oxygen atoms in total. The highest BCUT2D eigenvalue weighted by atomic mass is 35.5. The zero-order valence-electron chi connectivity index (χ0n) is 12.6. The van der Waals surface area contributed by atoms with Crippen LogP contribution in [-0.4, -0.2) is 23.8 Å². The Bertz CT molecular complexity index is 850. The maximum absolute atomic E-state index is 12.2. The third-order valence-electron chi connectivity index (χ3n) is 3.48. The van der Waals surface area contributed by atoms with Gasteiger partial charge < -0.3 is 10.1 Å². The van der Waals surface area contributed by atoms with Crippen molar-refractivity contribution in [1.82, 2.24) is 5.32 Å². The third kappa shape index (κ3) is 3.23. The molecular formula is C17H13ClN2O4. The molecule has 7 heteroatoms.